The lowest BCUT2D eigenvalue weighted by molar-refractivity contribution is 0.0168. The molecular weight excluding hydrogens is 445 g/mol. The number of para-hydroxylation sites is 1. The van der Waals surface area contributed by atoms with Crippen LogP contribution in [0.4, 0.5) is 0 Å². The van der Waals surface area contributed by atoms with Gasteiger partial charge in [-0.3, -0.25) is 4.99 Å². The number of nitrogens with zero attached hydrogens (tertiary/aromatic N) is 1. The third-order valence-electron chi connectivity index (χ3n) is 4.52. The number of guanidine groups is 1. The summed E-state index contributed by atoms with van der Waals surface area (Å²) in [5, 5.41) is 6.65. The van der Waals surface area contributed by atoms with E-state index in [0.717, 1.165) is 63.7 Å². The molecule has 2 unspecified atom stereocenters. The average molecular weight is 475 g/mol. The van der Waals surface area contributed by atoms with E-state index in [2.05, 4.69) is 27.8 Å². The van der Waals surface area contributed by atoms with Crippen molar-refractivity contribution in [3.8, 4) is 5.75 Å². The van der Waals surface area contributed by atoms with Gasteiger partial charge in [0.05, 0.1) is 19.3 Å². The highest BCUT2D eigenvalue weighted by Crippen LogP contribution is 2.27. The van der Waals surface area contributed by atoms with Crippen LogP contribution < -0.4 is 15.4 Å². The van der Waals surface area contributed by atoms with Gasteiger partial charge in [-0.15, -0.1) is 24.0 Å². The van der Waals surface area contributed by atoms with Crippen LogP contribution in [0.2, 0.25) is 0 Å². The summed E-state index contributed by atoms with van der Waals surface area (Å²) in [5.41, 5.74) is 1.28. The van der Waals surface area contributed by atoms with E-state index in [1.165, 1.54) is 5.56 Å². The van der Waals surface area contributed by atoms with Gasteiger partial charge in [0, 0.05) is 33.2 Å². The zero-order valence-corrected chi connectivity index (χ0v) is 17.7. The summed E-state index contributed by atoms with van der Waals surface area (Å²) in [6, 6.07) is 8.22. The zero-order chi connectivity index (χ0) is 17.3. The highest BCUT2D eigenvalue weighted by Gasteiger charge is 2.22. The first-order valence-corrected chi connectivity index (χ1v) is 9.23. The summed E-state index contributed by atoms with van der Waals surface area (Å²) in [4.78, 5) is 4.26. The fourth-order valence-corrected chi connectivity index (χ4v) is 3.17. The van der Waals surface area contributed by atoms with Crippen molar-refractivity contribution in [1.29, 1.82) is 0 Å². The molecule has 2 heterocycles. The monoisotopic (exact) mass is 475 g/mol. The molecule has 2 aliphatic heterocycles. The van der Waals surface area contributed by atoms with E-state index in [9.17, 15) is 0 Å². The summed E-state index contributed by atoms with van der Waals surface area (Å²) >= 11 is 0. The number of hydrogen-bond donors (Lipinski definition) is 2. The van der Waals surface area contributed by atoms with Crippen LogP contribution in [0.25, 0.3) is 0 Å². The highest BCUT2D eigenvalue weighted by atomic mass is 127. The van der Waals surface area contributed by atoms with Crippen molar-refractivity contribution in [1.82, 2.24) is 10.6 Å². The molecule has 1 aromatic rings. The second kappa shape index (κ2) is 11.6. The molecule has 1 saturated heterocycles. The molecule has 2 N–H and O–H groups in total. The number of hydrogen-bond acceptors (Lipinski definition) is 4. The van der Waals surface area contributed by atoms with E-state index in [4.69, 9.17) is 14.2 Å². The molecule has 2 aliphatic rings. The Hall–Kier alpha value is -1.06. The maximum Gasteiger partial charge on any atom is 0.191 e. The summed E-state index contributed by atoms with van der Waals surface area (Å²) in [7, 11) is 1.79. The van der Waals surface area contributed by atoms with Crippen LogP contribution in [0.5, 0.6) is 5.75 Å². The van der Waals surface area contributed by atoms with Crippen molar-refractivity contribution in [3.63, 3.8) is 0 Å². The molecule has 3 rings (SSSR count). The number of benzene rings is 1. The molecule has 6 nitrogen and oxygen atoms in total. The Morgan fingerprint density at radius 1 is 1.27 bits per heavy atom. The quantitative estimate of drug-likeness (QED) is 0.262. The van der Waals surface area contributed by atoms with Gasteiger partial charge in [0.15, 0.2) is 5.96 Å². The predicted octanol–water partition coefficient (Wildman–Crippen LogP) is 2.36. The molecule has 0 aliphatic carbocycles. The van der Waals surface area contributed by atoms with E-state index < -0.39 is 0 Å². The Morgan fingerprint density at radius 3 is 2.92 bits per heavy atom. The fraction of sp³-hybridized carbons (Fsp3) is 0.632. The minimum atomic E-state index is 0. The summed E-state index contributed by atoms with van der Waals surface area (Å²) in [6.45, 7) is 3.91. The van der Waals surface area contributed by atoms with Crippen LogP contribution in [-0.2, 0) is 15.9 Å². The molecule has 0 amide bonds. The number of aliphatic imine (C=N–C) groups is 1. The largest absolute Gasteiger partial charge is 0.488 e. The smallest absolute Gasteiger partial charge is 0.191 e. The van der Waals surface area contributed by atoms with Gasteiger partial charge in [0.2, 0.25) is 0 Å². The maximum absolute atomic E-state index is 5.93. The molecular formula is C19H30IN3O3. The van der Waals surface area contributed by atoms with Crippen LogP contribution >= 0.6 is 24.0 Å². The minimum absolute atomic E-state index is 0. The Balaban J connectivity index is 0.00000243. The highest BCUT2D eigenvalue weighted by molar-refractivity contribution is 14.0. The second-order valence-corrected chi connectivity index (χ2v) is 6.50. The van der Waals surface area contributed by atoms with Gasteiger partial charge in [0.1, 0.15) is 11.9 Å². The van der Waals surface area contributed by atoms with Crippen molar-refractivity contribution in [2.24, 2.45) is 4.99 Å². The van der Waals surface area contributed by atoms with Gasteiger partial charge in [0.25, 0.3) is 0 Å². The lowest BCUT2D eigenvalue weighted by Gasteiger charge is -2.16. The minimum Gasteiger partial charge on any atom is -0.488 e. The molecule has 26 heavy (non-hydrogen) atoms. The van der Waals surface area contributed by atoms with Gasteiger partial charge in [-0.1, -0.05) is 18.2 Å². The van der Waals surface area contributed by atoms with E-state index in [1.54, 1.807) is 7.05 Å². The first kappa shape index (κ1) is 21.2. The lowest BCUT2D eigenvalue weighted by Crippen LogP contribution is -2.42. The fourth-order valence-electron chi connectivity index (χ4n) is 3.17. The maximum atomic E-state index is 5.93. The van der Waals surface area contributed by atoms with Crippen molar-refractivity contribution >= 4 is 29.9 Å². The van der Waals surface area contributed by atoms with Crippen LogP contribution in [-0.4, -0.2) is 58.1 Å². The Labute approximate surface area is 173 Å². The molecule has 7 heteroatoms. The SMILES string of the molecule is CN=C(NCCCOCC1CCCO1)NCC1Cc2ccccc2O1.I. The van der Waals surface area contributed by atoms with Crippen molar-refractivity contribution in [3.05, 3.63) is 29.8 Å². The topological polar surface area (TPSA) is 64.1 Å². The average Bonchev–Trinajstić information content (AvgIpc) is 3.29. The van der Waals surface area contributed by atoms with E-state index >= 15 is 0 Å². The van der Waals surface area contributed by atoms with Gasteiger partial charge in [-0.25, -0.2) is 0 Å². The van der Waals surface area contributed by atoms with Crippen LogP contribution in [0.1, 0.15) is 24.8 Å². The molecule has 1 fully saturated rings. The zero-order valence-electron chi connectivity index (χ0n) is 15.4. The van der Waals surface area contributed by atoms with Gasteiger partial charge >= 0.3 is 0 Å². The van der Waals surface area contributed by atoms with E-state index in [-0.39, 0.29) is 30.1 Å². The van der Waals surface area contributed by atoms with Gasteiger partial charge < -0.3 is 24.8 Å². The van der Waals surface area contributed by atoms with Gasteiger partial charge in [-0.05, 0) is 30.9 Å². The Bertz CT molecular complexity index is 540. The third-order valence-corrected chi connectivity index (χ3v) is 4.52. The summed E-state index contributed by atoms with van der Waals surface area (Å²) in [6.07, 6.45) is 4.63. The van der Waals surface area contributed by atoms with E-state index in [1.807, 2.05) is 12.1 Å². The second-order valence-electron chi connectivity index (χ2n) is 6.50. The molecule has 1 aromatic carbocycles. The van der Waals surface area contributed by atoms with E-state index in [0.29, 0.717) is 12.7 Å². The summed E-state index contributed by atoms with van der Waals surface area (Å²) in [5.74, 6) is 1.80. The molecule has 0 radical (unpaired) electrons. The molecule has 0 spiro atoms. The normalized spacial score (nSPS) is 21.7. The third kappa shape index (κ3) is 6.59. The summed E-state index contributed by atoms with van der Waals surface area (Å²) < 4.78 is 17.1. The van der Waals surface area contributed by atoms with Crippen molar-refractivity contribution < 1.29 is 14.2 Å². The first-order chi connectivity index (χ1) is 12.3. The lowest BCUT2D eigenvalue weighted by atomic mass is 10.1. The van der Waals surface area contributed by atoms with Crippen molar-refractivity contribution in [2.75, 3.05) is 40.0 Å². The predicted molar refractivity (Wildman–Crippen MR) is 114 cm³/mol. The van der Waals surface area contributed by atoms with Crippen LogP contribution in [0, 0.1) is 0 Å². The standard InChI is InChI=1S/C19H29N3O3.HI/c1-20-19(21-9-5-10-23-14-16-7-4-11-24-16)22-13-17-12-15-6-2-3-8-18(15)25-17;/h2-3,6,8,16-17H,4-5,7,9-14H2,1H3,(H2,20,21,22);1H. The molecule has 2 atom stereocenters. The number of ether oxygens (including phenoxy) is 3. The Kier molecular flexibility index (Phi) is 9.49. The molecule has 146 valence electrons. The number of fused-ring (bicyclic) bond motifs is 1. The van der Waals surface area contributed by atoms with Crippen molar-refractivity contribution in [2.45, 2.75) is 37.9 Å². The number of nitrogens with one attached hydrogen (secondary N) is 2. The number of halogens is 1. The van der Waals surface area contributed by atoms with Crippen LogP contribution in [0.3, 0.4) is 0 Å². The Morgan fingerprint density at radius 2 is 2.15 bits per heavy atom. The molecule has 0 bridgehead atoms. The number of rotatable bonds is 8. The van der Waals surface area contributed by atoms with Gasteiger partial charge in [-0.2, -0.15) is 0 Å². The first-order valence-electron chi connectivity index (χ1n) is 9.23. The molecule has 0 aromatic heterocycles. The molecule has 0 saturated carbocycles. The van der Waals surface area contributed by atoms with Crippen LogP contribution in [0.15, 0.2) is 29.3 Å².